The smallest absolute Gasteiger partial charge is 0.416 e. The molecule has 0 bridgehead atoms. The molecule has 5 rings (SSSR count). The van der Waals surface area contributed by atoms with E-state index in [0.29, 0.717) is 78.2 Å². The van der Waals surface area contributed by atoms with Crippen molar-refractivity contribution in [2.45, 2.75) is 6.18 Å². The lowest BCUT2D eigenvalue weighted by molar-refractivity contribution is -0.137. The summed E-state index contributed by atoms with van der Waals surface area (Å²) in [4.78, 5) is 21.1. The molecule has 0 fully saturated rings. The fourth-order valence-corrected chi connectivity index (χ4v) is 4.27. The van der Waals surface area contributed by atoms with Gasteiger partial charge >= 0.3 is 12.2 Å². The van der Waals surface area contributed by atoms with Crippen molar-refractivity contribution in [2.75, 3.05) is 49.5 Å². The second-order valence-corrected chi connectivity index (χ2v) is 9.19. The fourth-order valence-electron chi connectivity index (χ4n) is 4.05. The number of rotatable bonds is 8. The molecule has 0 spiro atoms. The predicted octanol–water partition coefficient (Wildman–Crippen LogP) is 6.63. The number of ether oxygens (including phenoxy) is 4. The van der Waals surface area contributed by atoms with Gasteiger partial charge in [-0.15, -0.1) is 0 Å². The molecule has 2 heterocycles. The van der Waals surface area contributed by atoms with Gasteiger partial charge in [0, 0.05) is 18.9 Å². The molecule has 0 unspecified atom stereocenters. The molecule has 1 aliphatic heterocycles. The van der Waals surface area contributed by atoms with Crippen molar-refractivity contribution in [1.82, 2.24) is 9.97 Å². The Morgan fingerprint density at radius 2 is 1.74 bits per heavy atom. The number of alkyl halides is 3. The number of hydrogen-bond acceptors (Lipinski definition) is 8. The van der Waals surface area contributed by atoms with Gasteiger partial charge in [-0.1, -0.05) is 11.6 Å². The summed E-state index contributed by atoms with van der Waals surface area (Å²) >= 11 is 6.37. The minimum atomic E-state index is -4.72. The average molecular weight is 608 g/mol. The summed E-state index contributed by atoms with van der Waals surface area (Å²) in [5.41, 5.74) is -0.436. The number of fused-ring (bicyclic) bond motifs is 3. The highest BCUT2D eigenvalue weighted by Crippen LogP contribution is 2.47. The molecule has 42 heavy (non-hydrogen) atoms. The fraction of sp³-hybridized carbons (Fsp3) is 0.222. The third-order valence-electron chi connectivity index (χ3n) is 5.95. The van der Waals surface area contributed by atoms with Crippen molar-refractivity contribution in [1.29, 1.82) is 0 Å². The Morgan fingerprint density at radius 1 is 1.00 bits per heavy atom. The first-order valence-corrected chi connectivity index (χ1v) is 12.7. The lowest BCUT2D eigenvalue weighted by Gasteiger charge is -2.23. The highest BCUT2D eigenvalue weighted by atomic mass is 35.5. The van der Waals surface area contributed by atoms with Gasteiger partial charge in [-0.25, -0.2) is 19.2 Å². The molecule has 1 aliphatic rings. The first-order chi connectivity index (χ1) is 20.1. The molecule has 15 heteroatoms. The number of carbonyl (C=O) groups is 1. The molecule has 0 radical (unpaired) electrons. The summed E-state index contributed by atoms with van der Waals surface area (Å²) in [5.74, 6) is 0.416. The van der Waals surface area contributed by atoms with Gasteiger partial charge in [-0.3, -0.25) is 0 Å². The highest BCUT2D eigenvalue weighted by Gasteiger charge is 2.31. The van der Waals surface area contributed by atoms with Crippen LogP contribution >= 0.6 is 11.6 Å². The van der Waals surface area contributed by atoms with Crippen molar-refractivity contribution in [3.63, 3.8) is 0 Å². The Balaban J connectivity index is 1.34. The topological polar surface area (TPSA) is 116 Å². The van der Waals surface area contributed by atoms with Crippen molar-refractivity contribution in [3.05, 3.63) is 65.2 Å². The highest BCUT2D eigenvalue weighted by molar-refractivity contribution is 6.34. The molecule has 2 amide bonds. The number of carbonyl (C=O) groups excluding carboxylic acids is 1. The summed E-state index contributed by atoms with van der Waals surface area (Å²) in [7, 11) is 1.57. The minimum absolute atomic E-state index is 0.108. The molecule has 3 aromatic carbocycles. The number of halogens is 5. The first-order valence-electron chi connectivity index (χ1n) is 12.3. The second kappa shape index (κ2) is 12.1. The normalized spacial score (nSPS) is 12.6. The van der Waals surface area contributed by atoms with E-state index < -0.39 is 29.3 Å². The van der Waals surface area contributed by atoms with E-state index >= 15 is 0 Å². The van der Waals surface area contributed by atoms with Gasteiger partial charge in [0.2, 0.25) is 5.75 Å². The van der Waals surface area contributed by atoms with E-state index in [0.717, 1.165) is 6.07 Å². The third kappa shape index (κ3) is 6.34. The lowest BCUT2D eigenvalue weighted by Crippen LogP contribution is -2.20. The zero-order valence-corrected chi connectivity index (χ0v) is 22.5. The van der Waals surface area contributed by atoms with E-state index in [-0.39, 0.29) is 10.7 Å². The molecule has 3 N–H and O–H groups in total. The van der Waals surface area contributed by atoms with Crippen molar-refractivity contribution in [2.24, 2.45) is 0 Å². The Kier molecular flexibility index (Phi) is 8.36. The molecule has 0 aliphatic carbocycles. The first kappa shape index (κ1) is 29.0. The van der Waals surface area contributed by atoms with Gasteiger partial charge in [0.15, 0.2) is 11.5 Å². The van der Waals surface area contributed by atoms with Crippen LogP contribution in [0.2, 0.25) is 5.02 Å². The Morgan fingerprint density at radius 3 is 2.45 bits per heavy atom. The molecule has 10 nitrogen and oxygen atoms in total. The van der Waals surface area contributed by atoms with Gasteiger partial charge in [0.1, 0.15) is 37.8 Å². The van der Waals surface area contributed by atoms with Crippen LogP contribution < -0.4 is 30.2 Å². The van der Waals surface area contributed by atoms with Gasteiger partial charge in [-0.2, -0.15) is 13.2 Å². The zero-order valence-electron chi connectivity index (χ0n) is 21.8. The maximum atomic E-state index is 14.1. The number of amides is 2. The van der Waals surface area contributed by atoms with Gasteiger partial charge < -0.3 is 34.9 Å². The number of methoxy groups -OCH3 is 1. The van der Waals surface area contributed by atoms with E-state index in [2.05, 4.69) is 25.9 Å². The summed E-state index contributed by atoms with van der Waals surface area (Å²) < 4.78 is 75.0. The maximum Gasteiger partial charge on any atom is 0.416 e. The number of hydrogen-bond donors (Lipinski definition) is 3. The van der Waals surface area contributed by atoms with E-state index in [1.165, 1.54) is 18.5 Å². The van der Waals surface area contributed by atoms with Crippen LogP contribution in [0.1, 0.15) is 5.56 Å². The molecular formula is C27H22ClF4N5O5. The minimum Gasteiger partial charge on any atom is -0.487 e. The van der Waals surface area contributed by atoms with Crippen LogP contribution in [0.4, 0.5) is 45.2 Å². The van der Waals surface area contributed by atoms with Crippen LogP contribution in [0.15, 0.2) is 48.8 Å². The molecular weight excluding hydrogens is 586 g/mol. The molecule has 220 valence electrons. The van der Waals surface area contributed by atoms with E-state index in [4.69, 9.17) is 30.5 Å². The quantitative estimate of drug-likeness (QED) is 0.151. The number of nitrogens with one attached hydrogen (secondary N) is 3. The second-order valence-electron chi connectivity index (χ2n) is 8.78. The summed E-state index contributed by atoms with van der Waals surface area (Å²) in [6.07, 6.45) is -3.35. The average Bonchev–Trinajstić information content (AvgIpc) is 2.95. The molecule has 0 saturated carbocycles. The Labute approximate surface area is 240 Å². The molecule has 0 saturated heterocycles. The predicted molar refractivity (Wildman–Crippen MR) is 147 cm³/mol. The van der Waals surface area contributed by atoms with E-state index in [9.17, 15) is 22.4 Å². The summed E-state index contributed by atoms with van der Waals surface area (Å²) in [5, 5.41) is 8.40. The van der Waals surface area contributed by atoms with Crippen molar-refractivity contribution >= 4 is 51.4 Å². The third-order valence-corrected chi connectivity index (χ3v) is 6.26. The molecule has 4 aromatic rings. The number of aromatic nitrogens is 2. The molecule has 1 aromatic heterocycles. The van der Waals surface area contributed by atoms with Crippen molar-refractivity contribution in [3.8, 4) is 17.2 Å². The van der Waals surface area contributed by atoms with Crippen molar-refractivity contribution < 1.29 is 41.3 Å². The lowest BCUT2D eigenvalue weighted by atomic mass is 10.1. The zero-order chi connectivity index (χ0) is 29.9. The van der Waals surface area contributed by atoms with Crippen LogP contribution in [-0.2, 0) is 10.9 Å². The number of nitrogens with zero attached hydrogens (tertiary/aromatic N) is 2. The van der Waals surface area contributed by atoms with Crippen LogP contribution in [-0.4, -0.2) is 49.5 Å². The standard InChI is InChI=1S/C27H22ClF4N5O5/c1-39-6-7-40-21-12-20-22(24-23(21)41-8-9-42-24)25(34-13-33-20)35-15-3-5-18(16(28)11-15)36-26(38)37-19-4-2-14(10-17(19)29)27(30,31)32/h2-5,10-13H,6-9H2,1H3,(H,33,34,35)(H2,36,37,38). The van der Waals surface area contributed by atoms with Crippen LogP contribution in [0.5, 0.6) is 17.2 Å². The number of urea groups is 1. The number of benzene rings is 3. The Hall–Kier alpha value is -4.56. The van der Waals surface area contributed by atoms with Crippen LogP contribution in [0.25, 0.3) is 10.9 Å². The largest absolute Gasteiger partial charge is 0.487 e. The number of anilines is 4. The monoisotopic (exact) mass is 607 g/mol. The Bertz CT molecular complexity index is 1640. The molecule has 0 atom stereocenters. The van der Waals surface area contributed by atoms with Crippen LogP contribution in [0, 0.1) is 5.82 Å². The van der Waals surface area contributed by atoms with Gasteiger partial charge in [0.25, 0.3) is 0 Å². The summed E-state index contributed by atoms with van der Waals surface area (Å²) in [6.45, 7) is 1.31. The van der Waals surface area contributed by atoms with E-state index in [1.54, 1.807) is 19.2 Å². The summed E-state index contributed by atoms with van der Waals surface area (Å²) in [6, 6.07) is 7.16. The van der Waals surface area contributed by atoms with Crippen LogP contribution in [0.3, 0.4) is 0 Å². The van der Waals surface area contributed by atoms with Gasteiger partial charge in [0.05, 0.1) is 39.5 Å². The maximum absolute atomic E-state index is 14.1. The van der Waals surface area contributed by atoms with Gasteiger partial charge in [-0.05, 0) is 36.4 Å². The van der Waals surface area contributed by atoms with E-state index in [1.807, 2.05) is 0 Å². The SMILES string of the molecule is COCCOc1cc2ncnc(Nc3ccc(NC(=O)Nc4ccc(C(F)(F)F)cc4F)c(Cl)c3)c2c2c1OCCO2.